The summed E-state index contributed by atoms with van der Waals surface area (Å²) < 4.78 is 24.1. The normalized spacial score (nSPS) is 10.8. The molecule has 8 heteroatoms. The highest BCUT2D eigenvalue weighted by Gasteiger charge is 2.11. The molecule has 0 saturated heterocycles. The Bertz CT molecular complexity index is 1220. The van der Waals surface area contributed by atoms with Gasteiger partial charge in [-0.3, -0.25) is 0 Å². The summed E-state index contributed by atoms with van der Waals surface area (Å²) in [4.78, 5) is 8.46. The maximum absolute atomic E-state index is 13.3. The molecule has 30 heavy (non-hydrogen) atoms. The molecule has 3 aromatic carbocycles. The van der Waals surface area contributed by atoms with E-state index in [1.807, 2.05) is 0 Å². The Kier molecular flexibility index (Phi) is 5.54. The quantitative estimate of drug-likeness (QED) is 0.427. The molecule has 1 heterocycles. The molecule has 0 amide bonds. The highest BCUT2D eigenvalue weighted by atomic mass is 35.5. The first-order valence-electron chi connectivity index (χ1n) is 8.99. The SMILES string of the molecule is COc1cc2ncnc(Nc3ccc(OCc4cccc(F)c4)c(Cl)c3)c2cc1O. The maximum Gasteiger partial charge on any atom is 0.162 e. The summed E-state index contributed by atoms with van der Waals surface area (Å²) in [5, 5.41) is 14.3. The van der Waals surface area contributed by atoms with Crippen LogP contribution in [0.2, 0.25) is 5.02 Å². The number of phenols is 1. The van der Waals surface area contributed by atoms with Crippen molar-refractivity contribution in [1.82, 2.24) is 9.97 Å². The van der Waals surface area contributed by atoms with Crippen LogP contribution in [0.15, 0.2) is 60.9 Å². The molecule has 4 aromatic rings. The van der Waals surface area contributed by atoms with Crippen LogP contribution >= 0.6 is 11.6 Å². The zero-order valence-corrected chi connectivity index (χ0v) is 16.7. The van der Waals surface area contributed by atoms with Gasteiger partial charge in [0.1, 0.15) is 30.3 Å². The standard InChI is InChI=1S/C22H17ClFN3O3/c1-29-21-10-18-16(9-19(21)28)22(26-12-25-18)27-15-5-6-20(17(23)8-15)30-11-13-3-2-4-14(24)7-13/h2-10,12,28H,11H2,1H3,(H,25,26,27). The van der Waals surface area contributed by atoms with Crippen molar-refractivity contribution in [2.45, 2.75) is 6.61 Å². The van der Waals surface area contributed by atoms with Gasteiger partial charge in [0.15, 0.2) is 11.5 Å². The van der Waals surface area contributed by atoms with Crippen molar-refractivity contribution in [3.63, 3.8) is 0 Å². The first kappa shape index (κ1) is 19.7. The number of benzene rings is 3. The van der Waals surface area contributed by atoms with Crippen LogP contribution in [-0.4, -0.2) is 22.2 Å². The summed E-state index contributed by atoms with van der Waals surface area (Å²) in [5.74, 6) is 0.975. The van der Waals surface area contributed by atoms with Crippen molar-refractivity contribution in [2.24, 2.45) is 0 Å². The van der Waals surface area contributed by atoms with Crippen LogP contribution in [0.1, 0.15) is 5.56 Å². The Morgan fingerprint density at radius 3 is 2.70 bits per heavy atom. The molecular formula is C22H17ClFN3O3. The van der Waals surface area contributed by atoms with Gasteiger partial charge in [-0.05, 0) is 42.0 Å². The third kappa shape index (κ3) is 4.21. The van der Waals surface area contributed by atoms with E-state index in [0.29, 0.717) is 44.5 Å². The molecule has 0 radical (unpaired) electrons. The van der Waals surface area contributed by atoms with Gasteiger partial charge in [0, 0.05) is 17.1 Å². The number of rotatable bonds is 6. The minimum absolute atomic E-state index is 0.0121. The van der Waals surface area contributed by atoms with E-state index in [9.17, 15) is 9.50 Å². The average Bonchev–Trinajstić information content (AvgIpc) is 2.73. The number of hydrogen-bond donors (Lipinski definition) is 2. The first-order valence-corrected chi connectivity index (χ1v) is 9.37. The van der Waals surface area contributed by atoms with Gasteiger partial charge >= 0.3 is 0 Å². The van der Waals surface area contributed by atoms with Gasteiger partial charge in [0.05, 0.1) is 17.6 Å². The fourth-order valence-electron chi connectivity index (χ4n) is 2.96. The molecule has 0 aliphatic carbocycles. The second-order valence-corrected chi connectivity index (χ2v) is 6.86. The minimum atomic E-state index is -0.317. The van der Waals surface area contributed by atoms with Crippen LogP contribution in [-0.2, 0) is 6.61 Å². The molecule has 152 valence electrons. The molecule has 2 N–H and O–H groups in total. The van der Waals surface area contributed by atoms with Gasteiger partial charge in [-0.2, -0.15) is 0 Å². The monoisotopic (exact) mass is 425 g/mol. The lowest BCUT2D eigenvalue weighted by Gasteiger charge is -2.12. The van der Waals surface area contributed by atoms with E-state index in [4.69, 9.17) is 21.1 Å². The largest absolute Gasteiger partial charge is 0.504 e. The number of methoxy groups -OCH3 is 1. The van der Waals surface area contributed by atoms with Crippen molar-refractivity contribution in [2.75, 3.05) is 12.4 Å². The fraction of sp³-hybridized carbons (Fsp3) is 0.0909. The zero-order valence-electron chi connectivity index (χ0n) is 15.9. The van der Waals surface area contributed by atoms with Gasteiger partial charge < -0.3 is 19.9 Å². The molecule has 0 spiro atoms. The molecule has 0 bridgehead atoms. The van der Waals surface area contributed by atoms with Crippen LogP contribution in [0.3, 0.4) is 0 Å². The van der Waals surface area contributed by atoms with Crippen molar-refractivity contribution in [1.29, 1.82) is 0 Å². The Morgan fingerprint density at radius 1 is 1.07 bits per heavy atom. The highest BCUT2D eigenvalue weighted by Crippen LogP contribution is 2.35. The Hall–Kier alpha value is -3.58. The van der Waals surface area contributed by atoms with Gasteiger partial charge in [0.2, 0.25) is 0 Å². The lowest BCUT2D eigenvalue weighted by Crippen LogP contribution is -1.99. The van der Waals surface area contributed by atoms with Gasteiger partial charge in [-0.1, -0.05) is 23.7 Å². The van der Waals surface area contributed by atoms with E-state index < -0.39 is 0 Å². The molecule has 6 nitrogen and oxygen atoms in total. The zero-order chi connectivity index (χ0) is 21.1. The predicted molar refractivity (Wildman–Crippen MR) is 113 cm³/mol. The minimum Gasteiger partial charge on any atom is -0.504 e. The number of nitrogens with one attached hydrogen (secondary N) is 1. The molecule has 0 aliphatic rings. The summed E-state index contributed by atoms with van der Waals surface area (Å²) in [7, 11) is 1.47. The average molecular weight is 426 g/mol. The fourth-order valence-corrected chi connectivity index (χ4v) is 3.19. The predicted octanol–water partition coefficient (Wildman–Crippen LogP) is 5.46. The van der Waals surface area contributed by atoms with Crippen LogP contribution in [0, 0.1) is 5.82 Å². The van der Waals surface area contributed by atoms with Crippen molar-refractivity contribution >= 4 is 34.0 Å². The third-order valence-electron chi connectivity index (χ3n) is 4.41. The van der Waals surface area contributed by atoms with Crippen LogP contribution in [0.25, 0.3) is 10.9 Å². The van der Waals surface area contributed by atoms with E-state index >= 15 is 0 Å². The van der Waals surface area contributed by atoms with Crippen LogP contribution < -0.4 is 14.8 Å². The molecular weight excluding hydrogens is 409 g/mol. The number of phenolic OH excluding ortho intramolecular Hbond substituents is 1. The molecule has 0 fully saturated rings. The molecule has 0 aliphatic heterocycles. The number of hydrogen-bond acceptors (Lipinski definition) is 6. The summed E-state index contributed by atoms with van der Waals surface area (Å²) >= 11 is 6.35. The number of aromatic hydroxyl groups is 1. The van der Waals surface area contributed by atoms with E-state index in [1.165, 1.54) is 31.6 Å². The Morgan fingerprint density at radius 2 is 1.93 bits per heavy atom. The summed E-state index contributed by atoms with van der Waals surface area (Å²) in [6, 6.07) is 14.6. The highest BCUT2D eigenvalue weighted by molar-refractivity contribution is 6.32. The van der Waals surface area contributed by atoms with Crippen molar-refractivity contribution in [3.05, 3.63) is 77.3 Å². The van der Waals surface area contributed by atoms with Gasteiger partial charge in [-0.15, -0.1) is 0 Å². The molecule has 0 unspecified atom stereocenters. The maximum atomic E-state index is 13.3. The summed E-state index contributed by atoms with van der Waals surface area (Å²) in [6.45, 7) is 0.196. The lowest BCUT2D eigenvalue weighted by molar-refractivity contribution is 0.306. The first-order chi connectivity index (χ1) is 14.5. The second kappa shape index (κ2) is 8.42. The van der Waals surface area contributed by atoms with Gasteiger partial charge in [0.25, 0.3) is 0 Å². The molecule has 1 aromatic heterocycles. The number of ether oxygens (including phenoxy) is 2. The summed E-state index contributed by atoms with van der Waals surface area (Å²) in [5.41, 5.74) is 1.99. The third-order valence-corrected chi connectivity index (χ3v) is 4.71. The molecule has 0 atom stereocenters. The smallest absolute Gasteiger partial charge is 0.162 e. The number of fused-ring (bicyclic) bond motifs is 1. The molecule has 4 rings (SSSR count). The number of nitrogens with zero attached hydrogens (tertiary/aromatic N) is 2. The van der Waals surface area contributed by atoms with Crippen molar-refractivity contribution in [3.8, 4) is 17.2 Å². The molecule has 0 saturated carbocycles. The van der Waals surface area contributed by atoms with Crippen molar-refractivity contribution < 1.29 is 19.0 Å². The number of aromatic nitrogens is 2. The van der Waals surface area contributed by atoms with Crippen LogP contribution in [0.4, 0.5) is 15.9 Å². The topological polar surface area (TPSA) is 76.5 Å². The van der Waals surface area contributed by atoms with E-state index in [0.717, 1.165) is 0 Å². The second-order valence-electron chi connectivity index (χ2n) is 6.45. The Balaban J connectivity index is 1.54. The van der Waals surface area contributed by atoms with E-state index in [2.05, 4.69) is 15.3 Å². The van der Waals surface area contributed by atoms with Gasteiger partial charge in [-0.25, -0.2) is 14.4 Å². The lowest BCUT2D eigenvalue weighted by atomic mass is 10.2. The van der Waals surface area contributed by atoms with Crippen LogP contribution in [0.5, 0.6) is 17.2 Å². The Labute approximate surface area is 176 Å². The number of halogens is 2. The number of anilines is 2. The van der Waals surface area contributed by atoms with E-state index in [1.54, 1.807) is 36.4 Å². The summed E-state index contributed by atoms with van der Waals surface area (Å²) in [6.07, 6.45) is 1.42. The van der Waals surface area contributed by atoms with E-state index in [-0.39, 0.29) is 18.2 Å².